The quantitative estimate of drug-likeness (QED) is 0.623. The second kappa shape index (κ2) is 3.18. The molecule has 0 aliphatic rings. The average molecular weight is 168 g/mol. The molecule has 12 heavy (non-hydrogen) atoms. The van der Waals surface area contributed by atoms with Crippen molar-refractivity contribution in [3.05, 3.63) is 29.8 Å². The van der Waals surface area contributed by atoms with Crippen molar-refractivity contribution in [2.24, 2.45) is 0 Å². The van der Waals surface area contributed by atoms with Crippen molar-refractivity contribution in [2.45, 2.75) is 26.2 Å². The number of benzene rings is 1. The standard InChI is InChI=1S/C11H16O.2H2/c1-11(2,3)9-7-5-6-8-10(9)12-4;;/h5-8H,1-4H3;2*1H. The fourth-order valence-electron chi connectivity index (χ4n) is 1.26. The van der Waals surface area contributed by atoms with Crippen LogP contribution in [-0.2, 0) is 5.41 Å². The molecule has 0 amide bonds. The number of hydrogen-bond acceptors (Lipinski definition) is 1. The zero-order valence-electron chi connectivity index (χ0n) is 8.22. The van der Waals surface area contributed by atoms with Gasteiger partial charge < -0.3 is 4.74 Å². The number of methoxy groups -OCH3 is 1. The van der Waals surface area contributed by atoms with Crippen molar-refractivity contribution in [1.29, 1.82) is 0 Å². The SMILES string of the molecule is COc1ccccc1C(C)(C)C.[HH].[HH]. The minimum Gasteiger partial charge on any atom is -0.496 e. The van der Waals surface area contributed by atoms with E-state index in [2.05, 4.69) is 26.8 Å². The maximum atomic E-state index is 5.27. The lowest BCUT2D eigenvalue weighted by Crippen LogP contribution is -2.12. The Morgan fingerprint density at radius 3 is 2.17 bits per heavy atom. The average Bonchev–Trinajstić information content (AvgIpc) is 2.03. The van der Waals surface area contributed by atoms with Crippen LogP contribution in [0.4, 0.5) is 0 Å². The molecule has 0 aliphatic heterocycles. The highest BCUT2D eigenvalue weighted by atomic mass is 16.5. The third-order valence-corrected chi connectivity index (χ3v) is 1.91. The summed E-state index contributed by atoms with van der Waals surface area (Å²) in [6.45, 7) is 6.56. The first-order chi connectivity index (χ1) is 5.55. The Balaban J connectivity index is 0. The number of rotatable bonds is 1. The summed E-state index contributed by atoms with van der Waals surface area (Å²) >= 11 is 0. The lowest BCUT2D eigenvalue weighted by Gasteiger charge is -2.21. The van der Waals surface area contributed by atoms with Crippen LogP contribution in [0.2, 0.25) is 0 Å². The van der Waals surface area contributed by atoms with Gasteiger partial charge >= 0.3 is 0 Å². The van der Waals surface area contributed by atoms with Crippen LogP contribution >= 0.6 is 0 Å². The summed E-state index contributed by atoms with van der Waals surface area (Å²) in [6, 6.07) is 8.15. The van der Waals surface area contributed by atoms with Crippen LogP contribution in [0.3, 0.4) is 0 Å². The van der Waals surface area contributed by atoms with Gasteiger partial charge in [0.2, 0.25) is 0 Å². The van der Waals surface area contributed by atoms with Gasteiger partial charge in [0.05, 0.1) is 7.11 Å². The summed E-state index contributed by atoms with van der Waals surface area (Å²) in [5.41, 5.74) is 1.42. The summed E-state index contributed by atoms with van der Waals surface area (Å²) in [4.78, 5) is 0. The van der Waals surface area contributed by atoms with E-state index in [1.165, 1.54) is 5.56 Å². The molecule has 70 valence electrons. The predicted molar refractivity (Wildman–Crippen MR) is 55.9 cm³/mol. The topological polar surface area (TPSA) is 9.23 Å². The molecule has 0 saturated heterocycles. The van der Waals surface area contributed by atoms with Crippen LogP contribution < -0.4 is 4.74 Å². The van der Waals surface area contributed by atoms with E-state index >= 15 is 0 Å². The lowest BCUT2D eigenvalue weighted by molar-refractivity contribution is 0.397. The van der Waals surface area contributed by atoms with Crippen LogP contribution in [0.15, 0.2) is 24.3 Å². The van der Waals surface area contributed by atoms with Gasteiger partial charge in [-0.05, 0) is 17.0 Å². The van der Waals surface area contributed by atoms with E-state index < -0.39 is 0 Å². The van der Waals surface area contributed by atoms with E-state index in [9.17, 15) is 0 Å². The van der Waals surface area contributed by atoms with Gasteiger partial charge in [-0.1, -0.05) is 39.0 Å². The molecule has 0 saturated carbocycles. The molecule has 0 aromatic heterocycles. The first kappa shape index (κ1) is 9.11. The molecule has 1 heteroatoms. The Morgan fingerprint density at radius 1 is 1.17 bits per heavy atom. The van der Waals surface area contributed by atoms with Gasteiger partial charge in [-0.2, -0.15) is 0 Å². The monoisotopic (exact) mass is 168 g/mol. The predicted octanol–water partition coefficient (Wildman–Crippen LogP) is 3.48. The molecule has 1 nitrogen and oxygen atoms in total. The summed E-state index contributed by atoms with van der Waals surface area (Å²) in [5, 5.41) is 0. The first-order valence-electron chi connectivity index (χ1n) is 4.19. The van der Waals surface area contributed by atoms with E-state index in [0.717, 1.165) is 5.75 Å². The third-order valence-electron chi connectivity index (χ3n) is 1.91. The van der Waals surface area contributed by atoms with Crippen molar-refractivity contribution >= 4 is 0 Å². The molecular formula is C11H20O. The Hall–Kier alpha value is -0.980. The highest BCUT2D eigenvalue weighted by Crippen LogP contribution is 2.30. The van der Waals surface area contributed by atoms with Crippen molar-refractivity contribution in [1.82, 2.24) is 0 Å². The van der Waals surface area contributed by atoms with Crippen LogP contribution in [0, 0.1) is 0 Å². The molecule has 0 atom stereocenters. The second-order valence-electron chi connectivity index (χ2n) is 3.95. The summed E-state index contributed by atoms with van der Waals surface area (Å²) in [6.07, 6.45) is 0. The van der Waals surface area contributed by atoms with Gasteiger partial charge in [0, 0.05) is 2.85 Å². The van der Waals surface area contributed by atoms with Crippen LogP contribution in [-0.4, -0.2) is 7.11 Å². The molecule has 0 bridgehead atoms. The molecule has 0 N–H and O–H groups in total. The fraction of sp³-hybridized carbons (Fsp3) is 0.455. The maximum absolute atomic E-state index is 5.27. The van der Waals surface area contributed by atoms with Gasteiger partial charge in [-0.15, -0.1) is 0 Å². The molecule has 0 unspecified atom stereocenters. The van der Waals surface area contributed by atoms with Crippen LogP contribution in [0.25, 0.3) is 0 Å². The molecule has 0 fully saturated rings. The largest absolute Gasteiger partial charge is 0.496 e. The summed E-state index contributed by atoms with van der Waals surface area (Å²) in [7, 11) is 1.71. The summed E-state index contributed by atoms with van der Waals surface area (Å²) in [5.74, 6) is 0.977. The van der Waals surface area contributed by atoms with E-state index in [1.54, 1.807) is 7.11 Å². The van der Waals surface area contributed by atoms with Gasteiger partial charge in [-0.3, -0.25) is 0 Å². The van der Waals surface area contributed by atoms with Crippen LogP contribution in [0.1, 0.15) is 29.2 Å². The minimum absolute atomic E-state index is 0. The van der Waals surface area contributed by atoms with E-state index in [4.69, 9.17) is 4.74 Å². The molecule has 1 aromatic carbocycles. The Bertz CT molecular complexity index is 266. The maximum Gasteiger partial charge on any atom is 0.122 e. The number of para-hydroxylation sites is 1. The Kier molecular flexibility index (Phi) is 2.41. The smallest absolute Gasteiger partial charge is 0.122 e. The Labute approximate surface area is 77.3 Å². The lowest BCUT2D eigenvalue weighted by atomic mass is 9.86. The van der Waals surface area contributed by atoms with Crippen LogP contribution in [0.5, 0.6) is 5.75 Å². The second-order valence-corrected chi connectivity index (χ2v) is 3.95. The van der Waals surface area contributed by atoms with Gasteiger partial charge in [0.25, 0.3) is 0 Å². The summed E-state index contributed by atoms with van der Waals surface area (Å²) < 4.78 is 5.27. The molecule has 0 heterocycles. The number of ether oxygens (including phenoxy) is 1. The molecule has 0 spiro atoms. The van der Waals surface area contributed by atoms with Crippen molar-refractivity contribution in [3.63, 3.8) is 0 Å². The zero-order valence-corrected chi connectivity index (χ0v) is 8.22. The number of hydrogen-bond donors (Lipinski definition) is 0. The highest BCUT2D eigenvalue weighted by Gasteiger charge is 2.17. The van der Waals surface area contributed by atoms with Gasteiger partial charge in [0.15, 0.2) is 0 Å². The van der Waals surface area contributed by atoms with Crippen molar-refractivity contribution in [2.75, 3.05) is 7.11 Å². The van der Waals surface area contributed by atoms with E-state index in [0.29, 0.717) is 0 Å². The van der Waals surface area contributed by atoms with Crippen molar-refractivity contribution in [3.8, 4) is 5.75 Å². The third kappa shape index (κ3) is 1.79. The van der Waals surface area contributed by atoms with E-state index in [1.807, 2.05) is 18.2 Å². The van der Waals surface area contributed by atoms with Gasteiger partial charge in [-0.25, -0.2) is 0 Å². The zero-order chi connectivity index (χ0) is 9.19. The normalized spacial score (nSPS) is 11.3. The van der Waals surface area contributed by atoms with Crippen molar-refractivity contribution < 1.29 is 7.59 Å². The molecular weight excluding hydrogens is 148 g/mol. The molecule has 1 aromatic rings. The first-order valence-corrected chi connectivity index (χ1v) is 4.19. The molecule has 0 radical (unpaired) electrons. The highest BCUT2D eigenvalue weighted by molar-refractivity contribution is 5.38. The van der Waals surface area contributed by atoms with Gasteiger partial charge in [0.1, 0.15) is 5.75 Å². The Morgan fingerprint density at radius 2 is 1.75 bits per heavy atom. The minimum atomic E-state index is 0. The van der Waals surface area contributed by atoms with E-state index in [-0.39, 0.29) is 8.27 Å². The fourth-order valence-corrected chi connectivity index (χ4v) is 1.26. The molecule has 1 rings (SSSR count). The molecule has 0 aliphatic carbocycles.